The predicted octanol–water partition coefficient (Wildman–Crippen LogP) is 1.12. The number of carboxylic acid groups (broad SMARTS) is 1. The van der Waals surface area contributed by atoms with Crippen LogP contribution in [0, 0.1) is 0 Å². The van der Waals surface area contributed by atoms with E-state index in [1.165, 1.54) is 19.9 Å². The fraction of sp³-hybridized carbons (Fsp3) is 0.429. The fourth-order valence-corrected chi connectivity index (χ4v) is 0.294. The van der Waals surface area contributed by atoms with E-state index < -0.39 is 5.97 Å². The third kappa shape index (κ3) is 80.6. The molecule has 0 saturated heterocycles. The van der Waals surface area contributed by atoms with Crippen LogP contribution in [0.3, 0.4) is 0 Å². The van der Waals surface area contributed by atoms with E-state index >= 15 is 0 Å². The molecule has 0 aliphatic rings. The molecule has 0 rings (SSSR count). The molecule has 0 bridgehead atoms. The SMILES string of the molecule is CC(=O)/C=C(/C)O.CC(=O)O.[Co].[Co]. The summed E-state index contributed by atoms with van der Waals surface area (Å²) >= 11 is 0. The number of aliphatic hydroxyl groups is 1. The molecular formula is C7H12Co2O4. The van der Waals surface area contributed by atoms with Crippen LogP contribution < -0.4 is 0 Å². The van der Waals surface area contributed by atoms with Crippen LogP contribution in [0.25, 0.3) is 0 Å². The summed E-state index contributed by atoms with van der Waals surface area (Å²) in [7, 11) is 0. The van der Waals surface area contributed by atoms with E-state index in [1.807, 2.05) is 0 Å². The summed E-state index contributed by atoms with van der Waals surface area (Å²) in [6.07, 6.45) is 1.17. The largest absolute Gasteiger partial charge is 0.512 e. The minimum atomic E-state index is -0.833. The van der Waals surface area contributed by atoms with E-state index in [0.29, 0.717) is 0 Å². The zero-order valence-electron chi connectivity index (χ0n) is 7.45. The molecule has 0 heterocycles. The van der Waals surface area contributed by atoms with Crippen LogP contribution in [0.4, 0.5) is 0 Å². The Labute approximate surface area is 97.8 Å². The van der Waals surface area contributed by atoms with Gasteiger partial charge in [0.2, 0.25) is 0 Å². The van der Waals surface area contributed by atoms with Gasteiger partial charge in [-0.25, -0.2) is 0 Å². The Kier molecular flexibility index (Phi) is 25.1. The standard InChI is InChI=1S/C5H8O2.C2H4O2.2Co/c1-4(6)3-5(2)7;1-2(3)4;;/h3,6H,1-2H3;1H3,(H,3,4);;/b4-3-;;;. The summed E-state index contributed by atoms with van der Waals surface area (Å²) in [6, 6.07) is 0. The third-order valence-electron chi connectivity index (χ3n) is 0.412. The first kappa shape index (κ1) is 23.0. The van der Waals surface area contributed by atoms with Crippen molar-refractivity contribution in [3.05, 3.63) is 11.8 Å². The molecule has 0 aromatic heterocycles. The van der Waals surface area contributed by atoms with Crippen LogP contribution in [-0.4, -0.2) is 22.0 Å². The van der Waals surface area contributed by atoms with Crippen LogP contribution in [-0.2, 0) is 43.1 Å². The van der Waals surface area contributed by atoms with Gasteiger partial charge < -0.3 is 10.2 Å². The van der Waals surface area contributed by atoms with Gasteiger partial charge in [-0.2, -0.15) is 0 Å². The van der Waals surface area contributed by atoms with Gasteiger partial charge in [0.1, 0.15) is 0 Å². The molecule has 0 atom stereocenters. The first-order chi connectivity index (χ1) is 4.86. The van der Waals surface area contributed by atoms with Gasteiger partial charge in [0, 0.05) is 46.6 Å². The number of hydrogen-bond acceptors (Lipinski definition) is 3. The second-order valence-corrected chi connectivity index (χ2v) is 1.92. The second-order valence-electron chi connectivity index (χ2n) is 1.92. The normalized spacial score (nSPS) is 8.08. The summed E-state index contributed by atoms with van der Waals surface area (Å²) in [5.41, 5.74) is 0. The van der Waals surface area contributed by atoms with Gasteiger partial charge in [-0.05, 0) is 13.8 Å². The molecule has 0 spiro atoms. The number of carboxylic acids is 1. The van der Waals surface area contributed by atoms with Gasteiger partial charge in [0.25, 0.3) is 5.97 Å². The van der Waals surface area contributed by atoms with Gasteiger partial charge in [-0.15, -0.1) is 0 Å². The smallest absolute Gasteiger partial charge is 0.300 e. The quantitative estimate of drug-likeness (QED) is 0.557. The minimum Gasteiger partial charge on any atom is -0.512 e. The van der Waals surface area contributed by atoms with Gasteiger partial charge in [-0.1, -0.05) is 0 Å². The number of allylic oxidation sites excluding steroid dienone is 2. The summed E-state index contributed by atoms with van der Waals surface area (Å²) in [5.74, 6) is -0.896. The number of aliphatic hydroxyl groups excluding tert-OH is 1. The fourth-order valence-electron chi connectivity index (χ4n) is 0.294. The van der Waals surface area contributed by atoms with Crippen LogP contribution in [0.15, 0.2) is 11.8 Å². The molecule has 13 heavy (non-hydrogen) atoms. The van der Waals surface area contributed by atoms with E-state index in [9.17, 15) is 4.79 Å². The maximum atomic E-state index is 10.0. The van der Waals surface area contributed by atoms with Crippen LogP contribution in [0.5, 0.6) is 0 Å². The molecule has 0 aromatic carbocycles. The summed E-state index contributed by atoms with van der Waals surface area (Å²) < 4.78 is 0. The summed E-state index contributed by atoms with van der Waals surface area (Å²) in [4.78, 5) is 19.0. The molecule has 0 unspecified atom stereocenters. The van der Waals surface area contributed by atoms with Crippen molar-refractivity contribution in [2.45, 2.75) is 20.8 Å². The van der Waals surface area contributed by atoms with E-state index in [0.717, 1.165) is 6.92 Å². The van der Waals surface area contributed by atoms with Crippen LogP contribution in [0.2, 0.25) is 0 Å². The molecule has 4 nitrogen and oxygen atoms in total. The minimum absolute atomic E-state index is 0. The molecule has 0 aliphatic heterocycles. The molecule has 0 saturated carbocycles. The molecule has 2 N–H and O–H groups in total. The Bertz CT molecular complexity index is 169. The Morgan fingerprint density at radius 1 is 1.00 bits per heavy atom. The van der Waals surface area contributed by atoms with E-state index in [1.54, 1.807) is 0 Å². The maximum Gasteiger partial charge on any atom is 0.300 e. The predicted molar refractivity (Wildman–Crippen MR) is 40.4 cm³/mol. The molecule has 6 heteroatoms. The number of hydrogen-bond donors (Lipinski definition) is 2. The van der Waals surface area contributed by atoms with E-state index in [2.05, 4.69) is 0 Å². The van der Waals surface area contributed by atoms with Crippen molar-refractivity contribution in [2.24, 2.45) is 0 Å². The molecule has 0 amide bonds. The van der Waals surface area contributed by atoms with Gasteiger partial charge in [-0.3, -0.25) is 9.59 Å². The van der Waals surface area contributed by atoms with Gasteiger partial charge in [0.15, 0.2) is 5.78 Å². The van der Waals surface area contributed by atoms with E-state index in [-0.39, 0.29) is 45.1 Å². The van der Waals surface area contributed by atoms with Gasteiger partial charge in [0.05, 0.1) is 5.76 Å². The molecule has 0 aromatic rings. The molecule has 0 aliphatic carbocycles. The Morgan fingerprint density at radius 2 is 1.23 bits per heavy atom. The molecule has 82 valence electrons. The van der Waals surface area contributed by atoms with E-state index in [4.69, 9.17) is 15.0 Å². The zero-order chi connectivity index (χ0) is 9.44. The zero-order valence-corrected chi connectivity index (χ0v) is 9.54. The van der Waals surface area contributed by atoms with Crippen molar-refractivity contribution < 1.29 is 53.4 Å². The topological polar surface area (TPSA) is 74.6 Å². The molecule has 2 radical (unpaired) electrons. The number of aliphatic carboxylic acids is 1. The van der Waals surface area contributed by atoms with Crippen molar-refractivity contribution in [2.75, 3.05) is 0 Å². The Morgan fingerprint density at radius 3 is 1.23 bits per heavy atom. The average molecular weight is 278 g/mol. The Balaban J connectivity index is -0.0000000600. The van der Waals surface area contributed by atoms with Crippen molar-refractivity contribution in [3.63, 3.8) is 0 Å². The second kappa shape index (κ2) is 14.2. The molecular weight excluding hydrogens is 266 g/mol. The first-order valence-electron chi connectivity index (χ1n) is 2.93. The van der Waals surface area contributed by atoms with Crippen molar-refractivity contribution in [1.82, 2.24) is 0 Å². The monoisotopic (exact) mass is 278 g/mol. The van der Waals surface area contributed by atoms with Crippen molar-refractivity contribution in [1.29, 1.82) is 0 Å². The van der Waals surface area contributed by atoms with Gasteiger partial charge >= 0.3 is 0 Å². The Hall–Kier alpha value is -0.307. The summed E-state index contributed by atoms with van der Waals surface area (Å²) in [6.45, 7) is 3.93. The average Bonchev–Trinajstić information content (AvgIpc) is 1.56. The number of ketones is 1. The van der Waals surface area contributed by atoms with Crippen molar-refractivity contribution in [3.8, 4) is 0 Å². The van der Waals surface area contributed by atoms with Crippen LogP contribution in [0.1, 0.15) is 20.8 Å². The number of carbonyl (C=O) groups is 2. The van der Waals surface area contributed by atoms with Crippen LogP contribution >= 0.6 is 0 Å². The number of rotatable bonds is 1. The third-order valence-corrected chi connectivity index (χ3v) is 0.412. The molecule has 0 fully saturated rings. The number of carbonyl (C=O) groups excluding carboxylic acids is 1. The van der Waals surface area contributed by atoms with Crippen molar-refractivity contribution >= 4 is 11.8 Å². The summed E-state index contributed by atoms with van der Waals surface area (Å²) in [5, 5.41) is 15.8. The first-order valence-corrected chi connectivity index (χ1v) is 2.93. The maximum absolute atomic E-state index is 10.0.